The third-order valence-electron chi connectivity index (χ3n) is 4.92. The van der Waals surface area contributed by atoms with E-state index in [0.717, 1.165) is 0 Å². The first kappa shape index (κ1) is 18.6. The molecule has 0 aliphatic carbocycles. The molecule has 1 aliphatic rings. The number of allylic oxidation sites excluding steroid dienone is 1. The van der Waals surface area contributed by atoms with Crippen molar-refractivity contribution < 1.29 is 20.3 Å². The van der Waals surface area contributed by atoms with Gasteiger partial charge in [-0.15, -0.1) is 0 Å². The molecule has 4 nitrogen and oxygen atoms in total. The van der Waals surface area contributed by atoms with Crippen molar-refractivity contribution in [1.29, 1.82) is 0 Å². The average Bonchev–Trinajstić information content (AvgIpc) is 2.67. The molecule has 1 aromatic carbocycles. The van der Waals surface area contributed by atoms with Crippen LogP contribution in [0.1, 0.15) is 20.6 Å². The first-order valence-electron chi connectivity index (χ1n) is 10.3. The molecule has 1 aliphatic heterocycles. The number of hydrogen-bond donors (Lipinski definition) is 2. The standard InChI is InChI=1S/C21H24F4N4/c1-13(21(23,24)25)20-15-6-3-7-18(16(15)11-14(27-20)5-4-9-26)28-19-8-10-29(2)12-17(19)22/h3-7,11,17,19,28H,1,8-10,12,26H2,2H3/b5-4+/t17-,19+/m0/s1/i1D2. The first-order valence-corrected chi connectivity index (χ1v) is 9.26. The highest BCUT2D eigenvalue weighted by Crippen LogP contribution is 2.37. The molecule has 1 saturated heterocycles. The van der Waals surface area contributed by atoms with Gasteiger partial charge in [0.25, 0.3) is 0 Å². The molecule has 0 saturated carbocycles. The number of likely N-dealkylation sites (tertiary alicyclic amines) is 1. The van der Waals surface area contributed by atoms with Crippen molar-refractivity contribution in [2.45, 2.75) is 24.8 Å². The molecule has 0 unspecified atom stereocenters. The highest BCUT2D eigenvalue weighted by molar-refractivity contribution is 6.00. The minimum absolute atomic E-state index is 0.127. The van der Waals surface area contributed by atoms with Gasteiger partial charge in [0.2, 0.25) is 0 Å². The highest BCUT2D eigenvalue weighted by Gasteiger charge is 2.35. The SMILES string of the molecule is [2H]C([2H])=C(c1nc(/C=C/CN)cc2c(N[C@@H]3CCN(C)C[C@@H]3F)cccc12)C(F)(F)F. The molecule has 2 aromatic rings. The lowest BCUT2D eigenvalue weighted by Crippen LogP contribution is -2.46. The van der Waals surface area contributed by atoms with Crippen molar-refractivity contribution in [3.05, 3.63) is 48.3 Å². The predicted octanol–water partition coefficient (Wildman–Crippen LogP) is 4.24. The zero-order valence-corrected chi connectivity index (χ0v) is 15.9. The Morgan fingerprint density at radius 1 is 1.45 bits per heavy atom. The monoisotopic (exact) mass is 410 g/mol. The van der Waals surface area contributed by atoms with Crippen LogP contribution >= 0.6 is 0 Å². The molecule has 0 amide bonds. The second-order valence-corrected chi connectivity index (χ2v) is 7.12. The van der Waals surface area contributed by atoms with Crippen LogP contribution in [0.2, 0.25) is 0 Å². The average molecular weight is 410 g/mol. The van der Waals surface area contributed by atoms with Crippen molar-refractivity contribution in [1.82, 2.24) is 9.88 Å². The summed E-state index contributed by atoms with van der Waals surface area (Å²) in [5.74, 6) is 0. The summed E-state index contributed by atoms with van der Waals surface area (Å²) in [7, 11) is 1.83. The van der Waals surface area contributed by atoms with Crippen molar-refractivity contribution in [3.63, 3.8) is 0 Å². The Kier molecular flexibility index (Phi) is 5.45. The van der Waals surface area contributed by atoms with Crippen LogP contribution in [0.25, 0.3) is 22.4 Å². The molecule has 8 heteroatoms. The van der Waals surface area contributed by atoms with Crippen LogP contribution in [0.4, 0.5) is 23.2 Å². The van der Waals surface area contributed by atoms with Gasteiger partial charge in [0.15, 0.2) is 0 Å². The van der Waals surface area contributed by atoms with Crippen LogP contribution < -0.4 is 11.1 Å². The number of pyridine rings is 1. The molecule has 3 N–H and O–H groups in total. The summed E-state index contributed by atoms with van der Waals surface area (Å²) in [5.41, 5.74) is 4.19. The first-order chi connectivity index (χ1) is 14.6. The minimum Gasteiger partial charge on any atom is -0.379 e. The Morgan fingerprint density at radius 2 is 2.24 bits per heavy atom. The lowest BCUT2D eigenvalue weighted by molar-refractivity contribution is -0.0688. The summed E-state index contributed by atoms with van der Waals surface area (Å²) in [4.78, 5) is 5.95. The van der Waals surface area contributed by atoms with Gasteiger partial charge in [-0.05, 0) is 31.7 Å². The maximum absolute atomic E-state index is 14.6. The Bertz CT molecular complexity index is 1000. The van der Waals surface area contributed by atoms with Gasteiger partial charge in [-0.3, -0.25) is 0 Å². The van der Waals surface area contributed by atoms with E-state index in [4.69, 9.17) is 8.48 Å². The van der Waals surface area contributed by atoms with E-state index in [1.54, 1.807) is 24.3 Å². The largest absolute Gasteiger partial charge is 0.417 e. The highest BCUT2D eigenvalue weighted by atomic mass is 19.4. The number of nitrogens with two attached hydrogens (primary N) is 1. The summed E-state index contributed by atoms with van der Waals surface area (Å²) in [6.07, 6.45) is -2.50. The zero-order chi connectivity index (χ0) is 22.8. The van der Waals surface area contributed by atoms with Crippen molar-refractivity contribution in [2.24, 2.45) is 5.73 Å². The van der Waals surface area contributed by atoms with Gasteiger partial charge in [0.1, 0.15) is 6.17 Å². The number of halogens is 4. The molecule has 2 atom stereocenters. The summed E-state index contributed by atoms with van der Waals surface area (Å²) in [5, 5.41) is 3.67. The van der Waals surface area contributed by atoms with E-state index in [1.807, 2.05) is 11.9 Å². The number of fused-ring (bicyclic) bond motifs is 1. The van der Waals surface area contributed by atoms with E-state index in [2.05, 4.69) is 10.3 Å². The van der Waals surface area contributed by atoms with Crippen LogP contribution in [0.3, 0.4) is 0 Å². The second-order valence-electron chi connectivity index (χ2n) is 7.12. The molecule has 29 heavy (non-hydrogen) atoms. The third-order valence-corrected chi connectivity index (χ3v) is 4.92. The number of rotatable bonds is 5. The fourth-order valence-electron chi connectivity index (χ4n) is 3.44. The van der Waals surface area contributed by atoms with Gasteiger partial charge in [0, 0.05) is 36.1 Å². The minimum atomic E-state index is -4.93. The van der Waals surface area contributed by atoms with Gasteiger partial charge in [-0.1, -0.05) is 24.7 Å². The molecule has 1 fully saturated rings. The summed E-state index contributed by atoms with van der Waals surface area (Å²) >= 11 is 0. The van der Waals surface area contributed by atoms with Crippen molar-refractivity contribution in [3.8, 4) is 0 Å². The predicted molar refractivity (Wildman–Crippen MR) is 109 cm³/mol. The lowest BCUT2D eigenvalue weighted by Gasteiger charge is -2.33. The summed E-state index contributed by atoms with van der Waals surface area (Å²) in [6, 6.07) is 5.79. The van der Waals surface area contributed by atoms with E-state index < -0.39 is 36.2 Å². The lowest BCUT2D eigenvalue weighted by atomic mass is 9.99. The van der Waals surface area contributed by atoms with Crippen LogP contribution in [0.5, 0.6) is 0 Å². The van der Waals surface area contributed by atoms with Gasteiger partial charge in [-0.25, -0.2) is 9.37 Å². The number of hydrogen-bond acceptors (Lipinski definition) is 4. The van der Waals surface area contributed by atoms with Crippen molar-refractivity contribution in [2.75, 3.05) is 32.0 Å². The topological polar surface area (TPSA) is 54.2 Å². The zero-order valence-electron chi connectivity index (χ0n) is 17.9. The molecular formula is C21H24F4N4. The number of aromatic nitrogens is 1. The number of benzene rings is 1. The smallest absolute Gasteiger partial charge is 0.379 e. The maximum atomic E-state index is 14.6. The van der Waals surface area contributed by atoms with Gasteiger partial charge in [-0.2, -0.15) is 13.2 Å². The number of alkyl halides is 4. The van der Waals surface area contributed by atoms with Gasteiger partial charge >= 0.3 is 6.18 Å². The number of piperidine rings is 1. The second kappa shape index (κ2) is 8.51. The van der Waals surface area contributed by atoms with Gasteiger partial charge < -0.3 is 16.0 Å². The molecule has 3 rings (SSSR count). The number of nitrogens with zero attached hydrogens (tertiary/aromatic N) is 2. The molecule has 156 valence electrons. The van der Waals surface area contributed by atoms with E-state index in [-0.39, 0.29) is 24.2 Å². The van der Waals surface area contributed by atoms with Crippen LogP contribution in [0.15, 0.2) is 36.9 Å². The quantitative estimate of drug-likeness (QED) is 0.724. The van der Waals surface area contributed by atoms with Crippen molar-refractivity contribution >= 4 is 28.1 Å². The van der Waals surface area contributed by atoms with Crippen LogP contribution in [-0.2, 0) is 0 Å². The third kappa shape index (κ3) is 4.76. The number of nitrogens with one attached hydrogen (secondary N) is 1. The maximum Gasteiger partial charge on any atom is 0.417 e. The molecule has 0 bridgehead atoms. The van der Waals surface area contributed by atoms with E-state index >= 15 is 0 Å². The summed E-state index contributed by atoms with van der Waals surface area (Å²) < 4.78 is 70.4. The molecule has 0 spiro atoms. The summed E-state index contributed by atoms with van der Waals surface area (Å²) in [6.45, 7) is -0.249. The fourth-order valence-corrected chi connectivity index (χ4v) is 3.44. The normalized spacial score (nSPS) is 21.9. The van der Waals surface area contributed by atoms with E-state index in [9.17, 15) is 17.6 Å². The van der Waals surface area contributed by atoms with Gasteiger partial charge in [0.05, 0.1) is 25.7 Å². The molecule has 2 heterocycles. The van der Waals surface area contributed by atoms with E-state index in [0.29, 0.717) is 24.0 Å². The van der Waals surface area contributed by atoms with Crippen LogP contribution in [-0.4, -0.2) is 55.0 Å². The molecule has 0 radical (unpaired) electrons. The molecular weight excluding hydrogens is 384 g/mol. The Morgan fingerprint density at radius 3 is 2.90 bits per heavy atom. The Labute approximate surface area is 169 Å². The molecule has 1 aromatic heterocycles. The van der Waals surface area contributed by atoms with Crippen LogP contribution in [0, 0.1) is 0 Å². The fraction of sp³-hybridized carbons (Fsp3) is 0.381. The Balaban J connectivity index is 2.18. The van der Waals surface area contributed by atoms with E-state index in [1.165, 1.54) is 12.1 Å². The Hall–Kier alpha value is -2.45. The number of anilines is 1.